The Morgan fingerprint density at radius 3 is 1.95 bits per heavy atom. The topological polar surface area (TPSA) is 92.8 Å². The molecule has 0 radical (unpaired) electrons. The molecule has 0 aliphatic heterocycles. The van der Waals surface area contributed by atoms with Gasteiger partial charge in [-0.15, -0.1) is 11.3 Å². The van der Waals surface area contributed by atoms with Gasteiger partial charge in [-0.05, 0) is 51.3 Å². The summed E-state index contributed by atoms with van der Waals surface area (Å²) in [7, 11) is -3.91. The van der Waals surface area contributed by atoms with E-state index in [2.05, 4.69) is 20.7 Å². The van der Waals surface area contributed by atoms with Crippen molar-refractivity contribution in [3.63, 3.8) is 0 Å². The molecule has 0 saturated carbocycles. The van der Waals surface area contributed by atoms with Crippen LogP contribution in [0.5, 0.6) is 0 Å². The van der Waals surface area contributed by atoms with Crippen LogP contribution in [0, 0.1) is 0 Å². The number of para-hydroxylation sites is 1. The van der Waals surface area contributed by atoms with E-state index >= 15 is 0 Å². The third-order valence-electron chi connectivity index (χ3n) is 5.32. The molecular weight excluding hydrogens is 576 g/mol. The van der Waals surface area contributed by atoms with Crippen LogP contribution < -0.4 is 4.72 Å². The van der Waals surface area contributed by atoms with E-state index in [0.717, 1.165) is 22.5 Å². The minimum Gasteiger partial charge on any atom is -0.452 e. The summed E-state index contributed by atoms with van der Waals surface area (Å²) >= 11 is 4.30. The average Bonchev–Trinajstić information content (AvgIpc) is 3.35. The number of amides is 1. The van der Waals surface area contributed by atoms with Crippen LogP contribution in [-0.4, -0.2) is 31.8 Å². The number of nitrogens with zero attached hydrogens (tertiary/aromatic N) is 1. The Kier molecular flexibility index (Phi) is 8.75. The highest BCUT2D eigenvalue weighted by atomic mass is 79.9. The molecule has 1 aromatic heterocycles. The molecule has 0 aliphatic carbocycles. The van der Waals surface area contributed by atoms with Gasteiger partial charge >= 0.3 is 5.97 Å². The molecule has 0 aliphatic rings. The Morgan fingerprint density at radius 1 is 0.811 bits per heavy atom. The summed E-state index contributed by atoms with van der Waals surface area (Å²) in [6.45, 7) is 0.204. The molecule has 0 spiro atoms. The van der Waals surface area contributed by atoms with Gasteiger partial charge in [0.05, 0.1) is 15.0 Å². The Morgan fingerprint density at radius 2 is 1.38 bits per heavy atom. The van der Waals surface area contributed by atoms with E-state index in [-0.39, 0.29) is 21.4 Å². The minimum atomic E-state index is -3.91. The lowest BCUT2D eigenvalue weighted by molar-refractivity contribution is -0.135. The number of thiophene rings is 1. The normalized spacial score (nSPS) is 11.1. The number of nitrogens with one attached hydrogen (secondary N) is 1. The fourth-order valence-electron chi connectivity index (χ4n) is 3.52. The van der Waals surface area contributed by atoms with E-state index in [1.165, 1.54) is 18.2 Å². The first-order chi connectivity index (χ1) is 17.8. The summed E-state index contributed by atoms with van der Waals surface area (Å²) in [4.78, 5) is 27.6. The van der Waals surface area contributed by atoms with Crippen molar-refractivity contribution in [3.8, 4) is 0 Å². The molecule has 4 aromatic rings. The summed E-state index contributed by atoms with van der Waals surface area (Å²) in [5, 5.41) is 0. The summed E-state index contributed by atoms with van der Waals surface area (Å²) < 4.78 is 34.1. The molecule has 1 N–H and O–H groups in total. The van der Waals surface area contributed by atoms with Crippen molar-refractivity contribution < 1.29 is 22.7 Å². The molecule has 190 valence electrons. The maximum Gasteiger partial charge on any atom is 0.340 e. The number of carbonyl (C=O) groups excluding carboxylic acids is 2. The smallest absolute Gasteiger partial charge is 0.340 e. The van der Waals surface area contributed by atoms with Crippen LogP contribution in [-0.2, 0) is 32.6 Å². The van der Waals surface area contributed by atoms with Crippen LogP contribution >= 0.6 is 27.3 Å². The number of esters is 1. The number of benzene rings is 3. The molecule has 1 amide bonds. The van der Waals surface area contributed by atoms with Crippen molar-refractivity contribution in [2.24, 2.45) is 0 Å². The first-order valence-corrected chi connectivity index (χ1v) is 14.3. The van der Waals surface area contributed by atoms with E-state index in [9.17, 15) is 18.0 Å². The maximum atomic E-state index is 13.1. The quantitative estimate of drug-likeness (QED) is 0.236. The van der Waals surface area contributed by atoms with Crippen LogP contribution in [0.15, 0.2) is 105 Å². The van der Waals surface area contributed by atoms with Gasteiger partial charge in [0.15, 0.2) is 6.61 Å². The molecule has 37 heavy (non-hydrogen) atoms. The van der Waals surface area contributed by atoms with Gasteiger partial charge in [0.2, 0.25) is 0 Å². The van der Waals surface area contributed by atoms with E-state index in [1.807, 2.05) is 60.7 Å². The van der Waals surface area contributed by atoms with Gasteiger partial charge in [0, 0.05) is 13.1 Å². The predicted molar refractivity (Wildman–Crippen MR) is 147 cm³/mol. The molecule has 0 bridgehead atoms. The monoisotopic (exact) mass is 598 g/mol. The zero-order chi connectivity index (χ0) is 26.3. The summed E-state index contributed by atoms with van der Waals surface area (Å²) in [6, 6.07) is 28.3. The number of carbonyl (C=O) groups is 2. The number of anilines is 1. The van der Waals surface area contributed by atoms with Gasteiger partial charge in [0.25, 0.3) is 15.9 Å². The van der Waals surface area contributed by atoms with Gasteiger partial charge in [-0.1, -0.05) is 72.8 Å². The largest absolute Gasteiger partial charge is 0.452 e. The highest BCUT2D eigenvalue weighted by Crippen LogP contribution is 2.28. The minimum absolute atomic E-state index is 0.00663. The first-order valence-electron chi connectivity index (χ1n) is 11.2. The standard InChI is InChI=1S/C27H23BrN2O5S2/c28-24-15-16-26(36-24)37(33,34)29-23-14-8-7-13-22(23)27(32)35-19-25(31)30(17-20-9-3-1-4-10-20)18-21-11-5-2-6-12-21/h1-16,29H,17-19H2. The zero-order valence-corrected chi connectivity index (χ0v) is 22.8. The number of halogens is 1. The summed E-state index contributed by atoms with van der Waals surface area (Å²) in [5.74, 6) is -1.18. The molecule has 4 rings (SSSR count). The van der Waals surface area contributed by atoms with Gasteiger partial charge in [0.1, 0.15) is 4.21 Å². The lowest BCUT2D eigenvalue weighted by Gasteiger charge is -2.23. The van der Waals surface area contributed by atoms with Crippen molar-refractivity contribution in [2.45, 2.75) is 17.3 Å². The second kappa shape index (κ2) is 12.2. The van der Waals surface area contributed by atoms with E-state index in [4.69, 9.17) is 4.74 Å². The average molecular weight is 600 g/mol. The SMILES string of the molecule is O=C(OCC(=O)N(Cc1ccccc1)Cc1ccccc1)c1ccccc1NS(=O)(=O)c1ccc(Br)s1. The van der Waals surface area contributed by atoms with Crippen LogP contribution in [0.2, 0.25) is 0 Å². The zero-order valence-electron chi connectivity index (χ0n) is 19.5. The highest BCUT2D eigenvalue weighted by Gasteiger charge is 2.22. The van der Waals surface area contributed by atoms with Gasteiger partial charge in [-0.2, -0.15) is 0 Å². The predicted octanol–water partition coefficient (Wildman–Crippen LogP) is 5.70. The van der Waals surface area contributed by atoms with Crippen molar-refractivity contribution in [2.75, 3.05) is 11.3 Å². The first kappa shape index (κ1) is 26.6. The molecule has 0 unspecified atom stereocenters. The van der Waals surface area contributed by atoms with Crippen LogP contribution in [0.25, 0.3) is 0 Å². The van der Waals surface area contributed by atoms with Crippen molar-refractivity contribution in [1.82, 2.24) is 4.90 Å². The maximum absolute atomic E-state index is 13.1. The molecule has 10 heteroatoms. The summed E-state index contributed by atoms with van der Waals surface area (Å²) in [6.07, 6.45) is 0. The summed E-state index contributed by atoms with van der Waals surface area (Å²) in [5.41, 5.74) is 1.96. The van der Waals surface area contributed by atoms with Gasteiger partial charge in [-0.3, -0.25) is 9.52 Å². The second-order valence-electron chi connectivity index (χ2n) is 8.01. The second-order valence-corrected chi connectivity index (χ2v) is 12.4. The third kappa shape index (κ3) is 7.28. The van der Waals surface area contributed by atoms with Crippen LogP contribution in [0.1, 0.15) is 21.5 Å². The van der Waals surface area contributed by atoms with Gasteiger partial charge < -0.3 is 9.64 Å². The Hall–Kier alpha value is -3.47. The number of ether oxygens (including phenoxy) is 1. The molecular formula is C27H23BrN2O5S2. The Bertz CT molecular complexity index is 1430. The van der Waals surface area contributed by atoms with Gasteiger partial charge in [-0.25, -0.2) is 13.2 Å². The van der Waals surface area contributed by atoms with E-state index in [1.54, 1.807) is 23.1 Å². The molecule has 7 nitrogen and oxygen atoms in total. The van der Waals surface area contributed by atoms with E-state index in [0.29, 0.717) is 16.9 Å². The van der Waals surface area contributed by atoms with Crippen molar-refractivity contribution in [3.05, 3.63) is 118 Å². The van der Waals surface area contributed by atoms with Crippen LogP contribution in [0.4, 0.5) is 5.69 Å². The molecule has 3 aromatic carbocycles. The van der Waals surface area contributed by atoms with Crippen molar-refractivity contribution in [1.29, 1.82) is 0 Å². The highest BCUT2D eigenvalue weighted by molar-refractivity contribution is 9.11. The lowest BCUT2D eigenvalue weighted by Crippen LogP contribution is -2.34. The van der Waals surface area contributed by atoms with Crippen molar-refractivity contribution >= 4 is 54.9 Å². The number of sulfonamides is 1. The number of hydrogen-bond donors (Lipinski definition) is 1. The Labute approximate surface area is 227 Å². The molecule has 0 fully saturated rings. The fourth-order valence-corrected chi connectivity index (χ4v) is 6.61. The number of rotatable bonds is 10. The number of hydrogen-bond acceptors (Lipinski definition) is 6. The van der Waals surface area contributed by atoms with E-state index < -0.39 is 22.6 Å². The molecule has 0 saturated heterocycles. The molecule has 1 heterocycles. The third-order valence-corrected chi connectivity index (χ3v) is 8.80. The molecule has 0 atom stereocenters. The lowest BCUT2D eigenvalue weighted by atomic mass is 10.1. The van der Waals surface area contributed by atoms with Crippen LogP contribution in [0.3, 0.4) is 0 Å². The Balaban J connectivity index is 1.46. The fraction of sp³-hybridized carbons (Fsp3) is 0.111.